The van der Waals surface area contributed by atoms with E-state index >= 15 is 0 Å². The summed E-state index contributed by atoms with van der Waals surface area (Å²) in [4.78, 5) is 0. The molecule has 0 aromatic rings. The minimum atomic E-state index is 0.722. The van der Waals surface area contributed by atoms with Gasteiger partial charge in [-0.15, -0.1) is 0 Å². The Morgan fingerprint density at radius 1 is 0.407 bits per heavy atom. The summed E-state index contributed by atoms with van der Waals surface area (Å²) in [6, 6.07) is 0. The Morgan fingerprint density at radius 2 is 0.741 bits per heavy atom. The van der Waals surface area contributed by atoms with E-state index in [1.165, 1.54) is 128 Å². The van der Waals surface area contributed by atoms with Crippen LogP contribution < -0.4 is 0 Å². The maximum Gasteiger partial charge on any atom is -0.0297 e. The van der Waals surface area contributed by atoms with Crippen LogP contribution in [0, 0.1) is 5.41 Å². The Hall–Kier alpha value is 0. The molecular formula is C27H54. The van der Waals surface area contributed by atoms with E-state index in [-0.39, 0.29) is 0 Å². The minimum absolute atomic E-state index is 0.722. The fourth-order valence-electron chi connectivity index (χ4n) is 5.37. The monoisotopic (exact) mass is 378 g/mol. The molecule has 0 amide bonds. The standard InChI is InChI=1S/C27H54/c1-3-5-7-9-15-19-23-27(24-20-16-10-8-6-4-2)25-21-17-13-11-12-14-18-22-26-27/h3-26H2,1-2H3. The first-order valence-corrected chi connectivity index (χ1v) is 13.3. The van der Waals surface area contributed by atoms with Crippen LogP contribution in [0.25, 0.3) is 0 Å². The first-order valence-electron chi connectivity index (χ1n) is 13.3. The molecule has 162 valence electrons. The van der Waals surface area contributed by atoms with E-state index in [1.807, 2.05) is 0 Å². The smallest absolute Gasteiger partial charge is 0.0297 e. The molecule has 0 aliphatic heterocycles. The van der Waals surface area contributed by atoms with Crippen molar-refractivity contribution in [2.75, 3.05) is 0 Å². The van der Waals surface area contributed by atoms with Gasteiger partial charge < -0.3 is 0 Å². The maximum absolute atomic E-state index is 2.33. The van der Waals surface area contributed by atoms with Gasteiger partial charge in [0.25, 0.3) is 0 Å². The highest BCUT2D eigenvalue weighted by atomic mass is 14.3. The summed E-state index contributed by atoms with van der Waals surface area (Å²) in [5.74, 6) is 0. The predicted molar refractivity (Wildman–Crippen MR) is 125 cm³/mol. The summed E-state index contributed by atoms with van der Waals surface area (Å²) >= 11 is 0. The fraction of sp³-hybridized carbons (Fsp3) is 1.00. The summed E-state index contributed by atoms with van der Waals surface area (Å²) < 4.78 is 0. The van der Waals surface area contributed by atoms with Gasteiger partial charge in [-0.2, -0.15) is 0 Å². The van der Waals surface area contributed by atoms with Crippen LogP contribution >= 0.6 is 0 Å². The largest absolute Gasteiger partial charge is 0.0654 e. The molecule has 1 rings (SSSR count). The molecular weight excluding hydrogens is 324 g/mol. The van der Waals surface area contributed by atoms with Gasteiger partial charge in [-0.3, -0.25) is 0 Å². The average Bonchev–Trinajstić information content (AvgIpc) is 2.73. The third kappa shape index (κ3) is 13.8. The summed E-state index contributed by atoms with van der Waals surface area (Å²) in [6.45, 7) is 4.66. The van der Waals surface area contributed by atoms with Crippen molar-refractivity contribution in [1.29, 1.82) is 0 Å². The van der Waals surface area contributed by atoms with Gasteiger partial charge in [0.2, 0.25) is 0 Å². The number of unbranched alkanes of at least 4 members (excludes halogenated alkanes) is 10. The quantitative estimate of drug-likeness (QED) is 0.264. The molecule has 0 aromatic carbocycles. The van der Waals surface area contributed by atoms with Crippen LogP contribution in [0.1, 0.15) is 168 Å². The maximum atomic E-state index is 2.33. The van der Waals surface area contributed by atoms with Crippen LogP contribution in [0.15, 0.2) is 0 Å². The average molecular weight is 379 g/mol. The van der Waals surface area contributed by atoms with Gasteiger partial charge in [0, 0.05) is 0 Å². The zero-order valence-corrected chi connectivity index (χ0v) is 19.5. The van der Waals surface area contributed by atoms with Gasteiger partial charge >= 0.3 is 0 Å². The highest BCUT2D eigenvalue weighted by molar-refractivity contribution is 4.80. The lowest BCUT2D eigenvalue weighted by molar-refractivity contribution is 0.173. The first kappa shape index (κ1) is 25.0. The van der Waals surface area contributed by atoms with Gasteiger partial charge in [-0.1, -0.05) is 142 Å². The summed E-state index contributed by atoms with van der Waals surface area (Å²) in [6.07, 6.45) is 35.9. The first-order chi connectivity index (χ1) is 13.3. The number of rotatable bonds is 14. The molecule has 0 heteroatoms. The molecule has 1 aliphatic carbocycles. The lowest BCUT2D eigenvalue weighted by Crippen LogP contribution is -2.21. The van der Waals surface area contributed by atoms with Gasteiger partial charge in [0.15, 0.2) is 0 Å². The second-order valence-corrected chi connectivity index (χ2v) is 9.86. The van der Waals surface area contributed by atoms with E-state index in [0.717, 1.165) is 5.41 Å². The van der Waals surface area contributed by atoms with Crippen molar-refractivity contribution in [3.63, 3.8) is 0 Å². The molecule has 0 bridgehead atoms. The van der Waals surface area contributed by atoms with Crippen molar-refractivity contribution in [2.24, 2.45) is 5.41 Å². The Balaban J connectivity index is 2.46. The van der Waals surface area contributed by atoms with E-state index in [1.54, 1.807) is 25.7 Å². The van der Waals surface area contributed by atoms with E-state index in [2.05, 4.69) is 13.8 Å². The van der Waals surface area contributed by atoms with Crippen molar-refractivity contribution < 1.29 is 0 Å². The normalized spacial score (nSPS) is 18.9. The summed E-state index contributed by atoms with van der Waals surface area (Å²) in [5.41, 5.74) is 0.722. The molecule has 0 atom stereocenters. The third-order valence-electron chi connectivity index (χ3n) is 7.29. The fourth-order valence-corrected chi connectivity index (χ4v) is 5.37. The molecule has 1 fully saturated rings. The summed E-state index contributed by atoms with van der Waals surface area (Å²) in [5, 5.41) is 0. The molecule has 27 heavy (non-hydrogen) atoms. The van der Waals surface area contributed by atoms with Crippen LogP contribution in [-0.2, 0) is 0 Å². The molecule has 0 N–H and O–H groups in total. The van der Waals surface area contributed by atoms with E-state index in [0.29, 0.717) is 0 Å². The predicted octanol–water partition coefficient (Wildman–Crippen LogP) is 10.4. The molecule has 0 saturated heterocycles. The van der Waals surface area contributed by atoms with Gasteiger partial charge in [0.1, 0.15) is 0 Å². The van der Waals surface area contributed by atoms with Gasteiger partial charge in [-0.05, 0) is 31.1 Å². The highest BCUT2D eigenvalue weighted by Crippen LogP contribution is 2.42. The van der Waals surface area contributed by atoms with Gasteiger partial charge in [-0.25, -0.2) is 0 Å². The van der Waals surface area contributed by atoms with E-state index in [9.17, 15) is 0 Å². The van der Waals surface area contributed by atoms with Crippen LogP contribution in [0.4, 0.5) is 0 Å². The molecule has 0 radical (unpaired) electrons. The topological polar surface area (TPSA) is 0 Å². The molecule has 0 heterocycles. The van der Waals surface area contributed by atoms with Crippen LogP contribution in [-0.4, -0.2) is 0 Å². The lowest BCUT2D eigenvalue weighted by atomic mass is 9.70. The molecule has 0 aromatic heterocycles. The van der Waals surface area contributed by atoms with Crippen molar-refractivity contribution in [1.82, 2.24) is 0 Å². The van der Waals surface area contributed by atoms with Crippen molar-refractivity contribution in [3.8, 4) is 0 Å². The van der Waals surface area contributed by atoms with Crippen LogP contribution in [0.5, 0.6) is 0 Å². The van der Waals surface area contributed by atoms with Crippen molar-refractivity contribution in [3.05, 3.63) is 0 Å². The van der Waals surface area contributed by atoms with Gasteiger partial charge in [0.05, 0.1) is 0 Å². The molecule has 0 nitrogen and oxygen atoms in total. The molecule has 0 unspecified atom stereocenters. The minimum Gasteiger partial charge on any atom is -0.0654 e. The third-order valence-corrected chi connectivity index (χ3v) is 7.29. The van der Waals surface area contributed by atoms with Crippen LogP contribution in [0.3, 0.4) is 0 Å². The summed E-state index contributed by atoms with van der Waals surface area (Å²) in [7, 11) is 0. The zero-order valence-electron chi connectivity index (χ0n) is 19.5. The van der Waals surface area contributed by atoms with Crippen molar-refractivity contribution in [2.45, 2.75) is 168 Å². The number of hydrogen-bond acceptors (Lipinski definition) is 0. The molecule has 0 spiro atoms. The Morgan fingerprint density at radius 3 is 1.15 bits per heavy atom. The van der Waals surface area contributed by atoms with E-state index < -0.39 is 0 Å². The van der Waals surface area contributed by atoms with Crippen LogP contribution in [0.2, 0.25) is 0 Å². The highest BCUT2D eigenvalue weighted by Gasteiger charge is 2.28. The number of hydrogen-bond donors (Lipinski definition) is 0. The van der Waals surface area contributed by atoms with E-state index in [4.69, 9.17) is 0 Å². The SMILES string of the molecule is CCCCCCCCC1(CCCCCCCC)CCCCCCCCCC1. The lowest BCUT2D eigenvalue weighted by Gasteiger charge is -2.35. The Kier molecular flexibility index (Phi) is 16.7. The molecule has 1 saturated carbocycles. The Labute approximate surface area is 173 Å². The second-order valence-electron chi connectivity index (χ2n) is 9.86. The molecule has 1 aliphatic rings. The zero-order chi connectivity index (χ0) is 19.5. The Bertz CT molecular complexity index is 262. The second kappa shape index (κ2) is 18.1. The van der Waals surface area contributed by atoms with Crippen molar-refractivity contribution >= 4 is 0 Å².